The molecule has 0 atom stereocenters. The van der Waals surface area contributed by atoms with E-state index in [1.807, 2.05) is 11.7 Å². The third kappa shape index (κ3) is 1.35. The SMILES string of the molecule is Cn1nc2cc(CN)ccc2c1C1CC1. The van der Waals surface area contributed by atoms with Crippen molar-refractivity contribution in [3.63, 3.8) is 0 Å². The predicted molar refractivity (Wildman–Crippen MR) is 60.6 cm³/mol. The van der Waals surface area contributed by atoms with Gasteiger partial charge in [-0.1, -0.05) is 12.1 Å². The number of fused-ring (bicyclic) bond motifs is 1. The Morgan fingerprint density at radius 1 is 1.47 bits per heavy atom. The molecule has 0 bridgehead atoms. The maximum absolute atomic E-state index is 5.62. The molecule has 1 aromatic heterocycles. The number of nitrogens with two attached hydrogens (primary N) is 1. The normalized spacial score (nSPS) is 16.1. The summed E-state index contributed by atoms with van der Waals surface area (Å²) in [6.45, 7) is 0.589. The van der Waals surface area contributed by atoms with Crippen molar-refractivity contribution in [1.82, 2.24) is 9.78 Å². The summed E-state index contributed by atoms with van der Waals surface area (Å²) in [6, 6.07) is 6.37. The minimum absolute atomic E-state index is 0.589. The molecule has 1 aliphatic carbocycles. The van der Waals surface area contributed by atoms with Gasteiger partial charge in [0.15, 0.2) is 0 Å². The first kappa shape index (κ1) is 8.92. The lowest BCUT2D eigenvalue weighted by molar-refractivity contribution is 0.723. The summed E-state index contributed by atoms with van der Waals surface area (Å²) in [4.78, 5) is 0. The Bertz CT molecular complexity index is 509. The second-order valence-electron chi connectivity index (χ2n) is 4.34. The van der Waals surface area contributed by atoms with Crippen LogP contribution in [0.1, 0.15) is 30.0 Å². The molecule has 0 radical (unpaired) electrons. The molecule has 1 aromatic carbocycles. The fraction of sp³-hybridized carbons (Fsp3) is 0.417. The quantitative estimate of drug-likeness (QED) is 0.806. The second kappa shape index (κ2) is 3.07. The van der Waals surface area contributed by atoms with Crippen LogP contribution >= 0.6 is 0 Å². The van der Waals surface area contributed by atoms with Crippen LogP contribution in [0.5, 0.6) is 0 Å². The minimum atomic E-state index is 0.589. The number of aromatic nitrogens is 2. The molecule has 78 valence electrons. The molecule has 1 aliphatic rings. The monoisotopic (exact) mass is 201 g/mol. The van der Waals surface area contributed by atoms with Crippen molar-refractivity contribution in [1.29, 1.82) is 0 Å². The van der Waals surface area contributed by atoms with Gasteiger partial charge < -0.3 is 5.73 Å². The van der Waals surface area contributed by atoms with Gasteiger partial charge in [0.2, 0.25) is 0 Å². The summed E-state index contributed by atoms with van der Waals surface area (Å²) in [5.41, 5.74) is 9.26. The predicted octanol–water partition coefficient (Wildman–Crippen LogP) is 1.91. The molecule has 0 aliphatic heterocycles. The molecular weight excluding hydrogens is 186 g/mol. The molecule has 0 saturated heterocycles. The van der Waals surface area contributed by atoms with Crippen molar-refractivity contribution in [3.05, 3.63) is 29.5 Å². The van der Waals surface area contributed by atoms with E-state index in [9.17, 15) is 0 Å². The zero-order valence-electron chi connectivity index (χ0n) is 8.90. The number of hydrogen-bond donors (Lipinski definition) is 1. The van der Waals surface area contributed by atoms with Crippen LogP contribution in [0.15, 0.2) is 18.2 Å². The van der Waals surface area contributed by atoms with Gasteiger partial charge >= 0.3 is 0 Å². The molecule has 0 amide bonds. The zero-order chi connectivity index (χ0) is 10.4. The molecule has 1 fully saturated rings. The highest BCUT2D eigenvalue weighted by Crippen LogP contribution is 2.42. The minimum Gasteiger partial charge on any atom is -0.326 e. The van der Waals surface area contributed by atoms with E-state index in [0.717, 1.165) is 17.0 Å². The van der Waals surface area contributed by atoms with E-state index in [1.54, 1.807) is 0 Å². The largest absolute Gasteiger partial charge is 0.326 e. The Morgan fingerprint density at radius 2 is 2.27 bits per heavy atom. The van der Waals surface area contributed by atoms with E-state index in [1.165, 1.54) is 23.9 Å². The van der Waals surface area contributed by atoms with Crippen LogP contribution in [0.4, 0.5) is 0 Å². The lowest BCUT2D eigenvalue weighted by atomic mass is 10.1. The molecule has 3 heteroatoms. The Kier molecular flexibility index (Phi) is 1.83. The molecule has 3 nitrogen and oxygen atoms in total. The molecular formula is C12H15N3. The van der Waals surface area contributed by atoms with Crippen LogP contribution in [-0.2, 0) is 13.6 Å². The second-order valence-corrected chi connectivity index (χ2v) is 4.34. The van der Waals surface area contributed by atoms with Crippen LogP contribution in [0.3, 0.4) is 0 Å². The summed E-state index contributed by atoms with van der Waals surface area (Å²) < 4.78 is 2.03. The Hall–Kier alpha value is -1.35. The van der Waals surface area contributed by atoms with Crippen molar-refractivity contribution < 1.29 is 0 Å². The highest BCUT2D eigenvalue weighted by atomic mass is 15.3. The third-order valence-corrected chi connectivity index (χ3v) is 3.14. The summed E-state index contributed by atoms with van der Waals surface area (Å²) >= 11 is 0. The van der Waals surface area contributed by atoms with Gasteiger partial charge in [0, 0.05) is 30.6 Å². The fourth-order valence-electron chi connectivity index (χ4n) is 2.23. The Morgan fingerprint density at radius 3 is 2.93 bits per heavy atom. The highest BCUT2D eigenvalue weighted by Gasteiger charge is 2.28. The maximum atomic E-state index is 5.62. The van der Waals surface area contributed by atoms with Crippen LogP contribution in [-0.4, -0.2) is 9.78 Å². The average molecular weight is 201 g/mol. The standard InChI is InChI=1S/C12H15N3/c1-15-12(9-3-4-9)10-5-2-8(7-13)6-11(10)14-15/h2,5-6,9H,3-4,7,13H2,1H3. The summed E-state index contributed by atoms with van der Waals surface area (Å²) in [5.74, 6) is 0.740. The van der Waals surface area contributed by atoms with Gasteiger partial charge in [0.05, 0.1) is 5.52 Å². The van der Waals surface area contributed by atoms with Gasteiger partial charge in [0.25, 0.3) is 0 Å². The smallest absolute Gasteiger partial charge is 0.0929 e. The van der Waals surface area contributed by atoms with Gasteiger partial charge in [-0.2, -0.15) is 5.10 Å². The molecule has 3 rings (SSSR count). The molecule has 2 aromatic rings. The van der Waals surface area contributed by atoms with Gasteiger partial charge in [-0.3, -0.25) is 4.68 Å². The lowest BCUT2D eigenvalue weighted by Gasteiger charge is -1.99. The highest BCUT2D eigenvalue weighted by molar-refractivity contribution is 5.83. The summed E-state index contributed by atoms with van der Waals surface area (Å²) in [6.07, 6.45) is 2.63. The van der Waals surface area contributed by atoms with Crippen LogP contribution < -0.4 is 5.73 Å². The molecule has 2 N–H and O–H groups in total. The number of benzene rings is 1. The van der Waals surface area contributed by atoms with Gasteiger partial charge in [-0.25, -0.2) is 0 Å². The van der Waals surface area contributed by atoms with Crippen LogP contribution in [0.2, 0.25) is 0 Å². The van der Waals surface area contributed by atoms with E-state index in [-0.39, 0.29) is 0 Å². The Labute approximate surface area is 88.9 Å². The van der Waals surface area contributed by atoms with Crippen molar-refractivity contribution in [3.8, 4) is 0 Å². The topological polar surface area (TPSA) is 43.8 Å². The van der Waals surface area contributed by atoms with Gasteiger partial charge in [0.1, 0.15) is 0 Å². The maximum Gasteiger partial charge on any atom is 0.0929 e. The first-order valence-corrected chi connectivity index (χ1v) is 5.45. The van der Waals surface area contributed by atoms with E-state index in [0.29, 0.717) is 6.54 Å². The van der Waals surface area contributed by atoms with Gasteiger partial charge in [-0.05, 0) is 24.5 Å². The molecule has 1 heterocycles. The molecule has 0 spiro atoms. The van der Waals surface area contributed by atoms with Gasteiger partial charge in [-0.15, -0.1) is 0 Å². The first-order chi connectivity index (χ1) is 7.29. The fourth-order valence-corrected chi connectivity index (χ4v) is 2.23. The van der Waals surface area contributed by atoms with Crippen molar-refractivity contribution in [2.75, 3.05) is 0 Å². The van der Waals surface area contributed by atoms with E-state index < -0.39 is 0 Å². The summed E-state index contributed by atoms with van der Waals surface area (Å²) in [7, 11) is 2.04. The van der Waals surface area contributed by atoms with Crippen LogP contribution in [0, 0.1) is 0 Å². The van der Waals surface area contributed by atoms with E-state index in [4.69, 9.17) is 5.73 Å². The molecule has 0 unspecified atom stereocenters. The third-order valence-electron chi connectivity index (χ3n) is 3.14. The van der Waals surface area contributed by atoms with Crippen LogP contribution in [0.25, 0.3) is 10.9 Å². The number of hydrogen-bond acceptors (Lipinski definition) is 2. The Balaban J connectivity index is 2.23. The number of rotatable bonds is 2. The lowest BCUT2D eigenvalue weighted by Crippen LogP contribution is -1.95. The van der Waals surface area contributed by atoms with Crippen molar-refractivity contribution in [2.24, 2.45) is 12.8 Å². The summed E-state index contributed by atoms with van der Waals surface area (Å²) in [5, 5.41) is 5.85. The molecule has 1 saturated carbocycles. The van der Waals surface area contributed by atoms with E-state index >= 15 is 0 Å². The van der Waals surface area contributed by atoms with E-state index in [2.05, 4.69) is 23.3 Å². The number of nitrogens with zero attached hydrogens (tertiary/aromatic N) is 2. The number of aryl methyl sites for hydroxylation is 1. The molecule has 15 heavy (non-hydrogen) atoms. The first-order valence-electron chi connectivity index (χ1n) is 5.45. The zero-order valence-corrected chi connectivity index (χ0v) is 8.90. The average Bonchev–Trinajstić information content (AvgIpc) is 3.00. The van der Waals surface area contributed by atoms with Crippen molar-refractivity contribution >= 4 is 10.9 Å². The van der Waals surface area contributed by atoms with Crippen molar-refractivity contribution in [2.45, 2.75) is 25.3 Å².